The van der Waals surface area contributed by atoms with E-state index in [1.807, 2.05) is 0 Å². The van der Waals surface area contributed by atoms with E-state index in [1.54, 1.807) is 12.1 Å². The number of rotatable bonds is 3. The van der Waals surface area contributed by atoms with Crippen LogP contribution in [-0.2, 0) is 6.54 Å². The normalized spacial score (nSPS) is 19.8. The van der Waals surface area contributed by atoms with Crippen LogP contribution >= 0.6 is 0 Å². The maximum absolute atomic E-state index is 12.7. The molecule has 0 bridgehead atoms. The minimum absolute atomic E-state index is 0.180. The minimum atomic E-state index is -0.858. The van der Waals surface area contributed by atoms with Gasteiger partial charge >= 0.3 is 6.09 Å². The second-order valence-electron chi connectivity index (χ2n) is 4.58. The van der Waals surface area contributed by atoms with Gasteiger partial charge in [-0.2, -0.15) is 0 Å². The van der Waals surface area contributed by atoms with Gasteiger partial charge in [-0.3, -0.25) is 0 Å². The molecule has 1 heterocycles. The average Bonchev–Trinajstić information content (AvgIpc) is 2.38. The molecule has 5 heteroatoms. The lowest BCUT2D eigenvalue weighted by atomic mass is 10.1. The molecule has 1 saturated heterocycles. The Morgan fingerprint density at radius 3 is 2.83 bits per heavy atom. The van der Waals surface area contributed by atoms with Crippen molar-refractivity contribution in [1.29, 1.82) is 0 Å². The van der Waals surface area contributed by atoms with Gasteiger partial charge in [-0.25, -0.2) is 9.18 Å². The molecule has 1 amide bonds. The number of halogens is 1. The van der Waals surface area contributed by atoms with E-state index in [2.05, 4.69) is 5.32 Å². The molecule has 1 aromatic rings. The van der Waals surface area contributed by atoms with Gasteiger partial charge in [0.2, 0.25) is 0 Å². The molecule has 2 N–H and O–H groups in total. The Morgan fingerprint density at radius 2 is 2.17 bits per heavy atom. The third kappa shape index (κ3) is 3.43. The number of amides is 1. The third-order valence-corrected chi connectivity index (χ3v) is 3.20. The fraction of sp³-hybridized carbons (Fsp3) is 0.462. The van der Waals surface area contributed by atoms with Gasteiger partial charge in [-0.05, 0) is 30.5 Å². The van der Waals surface area contributed by atoms with Crippen LogP contribution in [-0.4, -0.2) is 35.2 Å². The van der Waals surface area contributed by atoms with E-state index >= 15 is 0 Å². The van der Waals surface area contributed by atoms with Crippen LogP contribution in [0.1, 0.15) is 18.4 Å². The molecule has 0 saturated carbocycles. The van der Waals surface area contributed by atoms with Gasteiger partial charge in [0.1, 0.15) is 5.82 Å². The van der Waals surface area contributed by atoms with Crippen LogP contribution in [0.15, 0.2) is 24.3 Å². The molecule has 0 aromatic heterocycles. The summed E-state index contributed by atoms with van der Waals surface area (Å²) in [5.74, 6) is -0.242. The Balaban J connectivity index is 1.82. The maximum atomic E-state index is 12.7. The second kappa shape index (κ2) is 5.82. The summed E-state index contributed by atoms with van der Waals surface area (Å²) in [5, 5.41) is 12.2. The molecule has 4 nitrogen and oxygen atoms in total. The second-order valence-corrected chi connectivity index (χ2v) is 4.58. The summed E-state index contributed by atoms with van der Waals surface area (Å²) in [6.45, 7) is 1.78. The van der Waals surface area contributed by atoms with Crippen LogP contribution in [0.5, 0.6) is 0 Å². The summed E-state index contributed by atoms with van der Waals surface area (Å²) in [5.41, 5.74) is 1.00. The van der Waals surface area contributed by atoms with Crippen molar-refractivity contribution in [2.45, 2.75) is 25.4 Å². The molecule has 1 fully saturated rings. The van der Waals surface area contributed by atoms with Crippen molar-refractivity contribution >= 4 is 6.09 Å². The average molecular weight is 252 g/mol. The summed E-state index contributed by atoms with van der Waals surface area (Å²) < 4.78 is 12.7. The van der Waals surface area contributed by atoms with Crippen molar-refractivity contribution < 1.29 is 14.3 Å². The standard InChI is InChI=1S/C13H17FN2O2/c14-11-5-3-10(4-6-11)8-15-12-2-1-7-16(9-12)13(17)18/h3-6,12,15H,1-2,7-9H2,(H,17,18)/t12-/m0/s1. The van der Waals surface area contributed by atoms with Crippen LogP contribution in [0.2, 0.25) is 0 Å². The van der Waals surface area contributed by atoms with Crippen LogP contribution in [0.4, 0.5) is 9.18 Å². The number of nitrogens with zero attached hydrogens (tertiary/aromatic N) is 1. The highest BCUT2D eigenvalue weighted by Gasteiger charge is 2.22. The number of hydrogen-bond acceptors (Lipinski definition) is 2. The van der Waals surface area contributed by atoms with Gasteiger partial charge in [-0.15, -0.1) is 0 Å². The Bertz CT molecular complexity index is 408. The molecule has 98 valence electrons. The van der Waals surface area contributed by atoms with Crippen molar-refractivity contribution in [2.75, 3.05) is 13.1 Å². The van der Waals surface area contributed by atoms with Gasteiger partial charge in [0, 0.05) is 25.7 Å². The first-order valence-corrected chi connectivity index (χ1v) is 6.11. The number of benzene rings is 1. The van der Waals surface area contributed by atoms with Crippen molar-refractivity contribution in [3.8, 4) is 0 Å². The van der Waals surface area contributed by atoms with Crippen molar-refractivity contribution in [2.24, 2.45) is 0 Å². The first kappa shape index (κ1) is 12.8. The van der Waals surface area contributed by atoms with E-state index in [1.165, 1.54) is 17.0 Å². The lowest BCUT2D eigenvalue weighted by Crippen LogP contribution is -2.47. The highest BCUT2D eigenvalue weighted by atomic mass is 19.1. The van der Waals surface area contributed by atoms with E-state index in [4.69, 9.17) is 5.11 Å². The zero-order valence-corrected chi connectivity index (χ0v) is 10.1. The Morgan fingerprint density at radius 1 is 1.44 bits per heavy atom. The van der Waals surface area contributed by atoms with Gasteiger partial charge in [0.25, 0.3) is 0 Å². The summed E-state index contributed by atoms with van der Waals surface area (Å²) in [4.78, 5) is 12.3. The number of nitrogens with one attached hydrogen (secondary N) is 1. The van der Waals surface area contributed by atoms with Crippen molar-refractivity contribution in [1.82, 2.24) is 10.2 Å². The predicted octanol–water partition coefficient (Wildman–Crippen LogP) is 2.06. The van der Waals surface area contributed by atoms with Crippen LogP contribution in [0, 0.1) is 5.82 Å². The van der Waals surface area contributed by atoms with Crippen LogP contribution in [0.25, 0.3) is 0 Å². The molecule has 0 aliphatic carbocycles. The molecular formula is C13H17FN2O2. The highest BCUT2D eigenvalue weighted by Crippen LogP contribution is 2.11. The Labute approximate surface area is 105 Å². The third-order valence-electron chi connectivity index (χ3n) is 3.20. The monoisotopic (exact) mass is 252 g/mol. The Kier molecular flexibility index (Phi) is 4.15. The SMILES string of the molecule is O=C(O)N1CCC[C@H](NCc2ccc(F)cc2)C1. The van der Waals surface area contributed by atoms with Gasteiger partial charge < -0.3 is 15.3 Å². The molecule has 0 spiro atoms. The van der Waals surface area contributed by atoms with Crippen molar-refractivity contribution in [3.05, 3.63) is 35.6 Å². The zero-order valence-electron chi connectivity index (χ0n) is 10.1. The van der Waals surface area contributed by atoms with Gasteiger partial charge in [0.05, 0.1) is 0 Å². The smallest absolute Gasteiger partial charge is 0.407 e. The Hall–Kier alpha value is -1.62. The topological polar surface area (TPSA) is 52.6 Å². The first-order chi connectivity index (χ1) is 8.65. The largest absolute Gasteiger partial charge is 0.465 e. The number of piperidine rings is 1. The molecule has 0 radical (unpaired) electrons. The van der Waals surface area contributed by atoms with Crippen LogP contribution in [0.3, 0.4) is 0 Å². The molecule has 0 unspecified atom stereocenters. The fourth-order valence-corrected chi connectivity index (χ4v) is 2.18. The molecular weight excluding hydrogens is 235 g/mol. The molecule has 1 aliphatic rings. The molecule has 2 rings (SSSR count). The maximum Gasteiger partial charge on any atom is 0.407 e. The van der Waals surface area contributed by atoms with Gasteiger partial charge in [-0.1, -0.05) is 12.1 Å². The van der Waals surface area contributed by atoms with E-state index in [0.29, 0.717) is 19.6 Å². The van der Waals surface area contributed by atoms with Crippen LogP contribution < -0.4 is 5.32 Å². The quantitative estimate of drug-likeness (QED) is 0.865. The summed E-state index contributed by atoms with van der Waals surface area (Å²) in [6, 6.07) is 6.52. The number of carbonyl (C=O) groups is 1. The number of hydrogen-bond donors (Lipinski definition) is 2. The molecule has 1 aromatic carbocycles. The molecule has 1 atom stereocenters. The van der Waals surface area contributed by atoms with E-state index in [-0.39, 0.29) is 11.9 Å². The molecule has 1 aliphatic heterocycles. The lowest BCUT2D eigenvalue weighted by molar-refractivity contribution is 0.126. The number of likely N-dealkylation sites (tertiary alicyclic amines) is 1. The van der Waals surface area contributed by atoms with Gasteiger partial charge in [0.15, 0.2) is 0 Å². The summed E-state index contributed by atoms with van der Waals surface area (Å²) in [6.07, 6.45) is 1.00. The van der Waals surface area contributed by atoms with E-state index in [0.717, 1.165) is 18.4 Å². The number of carboxylic acid groups (broad SMARTS) is 1. The fourth-order valence-electron chi connectivity index (χ4n) is 2.18. The van der Waals surface area contributed by atoms with Crippen molar-refractivity contribution in [3.63, 3.8) is 0 Å². The lowest BCUT2D eigenvalue weighted by Gasteiger charge is -2.31. The zero-order chi connectivity index (χ0) is 13.0. The minimum Gasteiger partial charge on any atom is -0.465 e. The predicted molar refractivity (Wildman–Crippen MR) is 65.9 cm³/mol. The summed E-state index contributed by atoms with van der Waals surface area (Å²) in [7, 11) is 0. The van der Waals surface area contributed by atoms with E-state index in [9.17, 15) is 9.18 Å². The highest BCUT2D eigenvalue weighted by molar-refractivity contribution is 5.65. The molecule has 18 heavy (non-hydrogen) atoms. The first-order valence-electron chi connectivity index (χ1n) is 6.11. The van der Waals surface area contributed by atoms with E-state index < -0.39 is 6.09 Å². The summed E-state index contributed by atoms with van der Waals surface area (Å²) >= 11 is 0.